The van der Waals surface area contributed by atoms with Gasteiger partial charge in [0, 0.05) is 6.21 Å². The quantitative estimate of drug-likeness (QED) is 0.491. The summed E-state index contributed by atoms with van der Waals surface area (Å²) < 4.78 is 0. The van der Waals surface area contributed by atoms with E-state index in [1.807, 2.05) is 6.92 Å². The van der Waals surface area contributed by atoms with Crippen LogP contribution in [0, 0.1) is 5.92 Å². The van der Waals surface area contributed by atoms with Crippen molar-refractivity contribution in [3.63, 3.8) is 0 Å². The molecule has 0 aromatic rings. The number of hydrogen-bond donors (Lipinski definition) is 0. The van der Waals surface area contributed by atoms with Gasteiger partial charge in [-0.15, -0.1) is 0 Å². The van der Waals surface area contributed by atoms with Gasteiger partial charge in [0.1, 0.15) is 6.61 Å². The Balaban J connectivity index is 2.10. The fraction of sp³-hybridized carbons (Fsp3) is 0.900. The van der Waals surface area contributed by atoms with Gasteiger partial charge in [-0.1, -0.05) is 12.1 Å². The SMILES string of the molecule is C/C=N\OCC1CCN(CC)CC1. The molecule has 1 fully saturated rings. The molecule has 76 valence electrons. The minimum absolute atomic E-state index is 0.714. The Morgan fingerprint density at radius 1 is 1.46 bits per heavy atom. The highest BCUT2D eigenvalue weighted by atomic mass is 16.6. The molecule has 1 saturated heterocycles. The molecule has 0 saturated carbocycles. The average Bonchev–Trinajstić information content (AvgIpc) is 2.19. The largest absolute Gasteiger partial charge is 0.396 e. The molecule has 0 aromatic heterocycles. The maximum Gasteiger partial charge on any atom is 0.120 e. The van der Waals surface area contributed by atoms with Crippen molar-refractivity contribution in [2.24, 2.45) is 11.1 Å². The van der Waals surface area contributed by atoms with Crippen LogP contribution in [0.2, 0.25) is 0 Å². The standard InChI is InChI=1S/C10H20N2O/c1-3-11-13-9-10-5-7-12(4-2)8-6-10/h3,10H,4-9H2,1-2H3/b11-3-. The topological polar surface area (TPSA) is 24.8 Å². The second-order valence-electron chi connectivity index (χ2n) is 3.54. The van der Waals surface area contributed by atoms with Gasteiger partial charge in [0.25, 0.3) is 0 Å². The summed E-state index contributed by atoms with van der Waals surface area (Å²) in [6.07, 6.45) is 4.21. The van der Waals surface area contributed by atoms with Crippen LogP contribution < -0.4 is 0 Å². The molecule has 0 unspecified atom stereocenters. The molecule has 13 heavy (non-hydrogen) atoms. The van der Waals surface area contributed by atoms with Gasteiger partial charge in [-0.2, -0.15) is 0 Å². The van der Waals surface area contributed by atoms with Crippen molar-refractivity contribution >= 4 is 6.21 Å². The molecule has 0 amide bonds. The zero-order chi connectivity index (χ0) is 9.52. The summed E-state index contributed by atoms with van der Waals surface area (Å²) in [7, 11) is 0. The lowest BCUT2D eigenvalue weighted by Gasteiger charge is -2.30. The van der Waals surface area contributed by atoms with Gasteiger partial charge in [0.15, 0.2) is 0 Å². The van der Waals surface area contributed by atoms with E-state index < -0.39 is 0 Å². The summed E-state index contributed by atoms with van der Waals surface area (Å²) in [6, 6.07) is 0. The maximum absolute atomic E-state index is 5.14. The van der Waals surface area contributed by atoms with Gasteiger partial charge in [0.05, 0.1) is 0 Å². The molecule has 0 radical (unpaired) electrons. The van der Waals surface area contributed by atoms with Crippen molar-refractivity contribution in [2.75, 3.05) is 26.2 Å². The maximum atomic E-state index is 5.14. The van der Waals surface area contributed by atoms with Crippen molar-refractivity contribution in [1.29, 1.82) is 0 Å². The Kier molecular flexibility index (Phi) is 4.83. The van der Waals surface area contributed by atoms with E-state index >= 15 is 0 Å². The van der Waals surface area contributed by atoms with Crippen LogP contribution in [-0.2, 0) is 4.84 Å². The van der Waals surface area contributed by atoms with Crippen LogP contribution in [0.5, 0.6) is 0 Å². The van der Waals surface area contributed by atoms with E-state index in [0.29, 0.717) is 5.92 Å². The minimum atomic E-state index is 0.714. The molecule has 1 aliphatic rings. The highest BCUT2D eigenvalue weighted by molar-refractivity contribution is 5.52. The molecule has 0 bridgehead atoms. The second-order valence-corrected chi connectivity index (χ2v) is 3.54. The van der Waals surface area contributed by atoms with Crippen LogP contribution in [0.3, 0.4) is 0 Å². The van der Waals surface area contributed by atoms with Gasteiger partial charge in [-0.25, -0.2) is 0 Å². The van der Waals surface area contributed by atoms with Gasteiger partial charge in [-0.3, -0.25) is 0 Å². The van der Waals surface area contributed by atoms with Crippen LogP contribution in [0.1, 0.15) is 26.7 Å². The van der Waals surface area contributed by atoms with E-state index in [4.69, 9.17) is 4.84 Å². The lowest BCUT2D eigenvalue weighted by atomic mass is 9.98. The van der Waals surface area contributed by atoms with E-state index in [1.54, 1.807) is 6.21 Å². The minimum Gasteiger partial charge on any atom is -0.396 e. The van der Waals surface area contributed by atoms with Crippen molar-refractivity contribution in [3.8, 4) is 0 Å². The molecule has 0 atom stereocenters. The predicted molar refractivity (Wildman–Crippen MR) is 55.0 cm³/mol. The van der Waals surface area contributed by atoms with Gasteiger partial charge >= 0.3 is 0 Å². The van der Waals surface area contributed by atoms with Crippen LogP contribution in [0.15, 0.2) is 5.16 Å². The van der Waals surface area contributed by atoms with Crippen molar-refractivity contribution in [2.45, 2.75) is 26.7 Å². The molecule has 1 aliphatic heterocycles. The Morgan fingerprint density at radius 3 is 2.69 bits per heavy atom. The van der Waals surface area contributed by atoms with Crippen LogP contribution in [-0.4, -0.2) is 37.4 Å². The third kappa shape index (κ3) is 3.77. The highest BCUT2D eigenvalue weighted by Crippen LogP contribution is 2.16. The monoisotopic (exact) mass is 184 g/mol. The van der Waals surface area contributed by atoms with Gasteiger partial charge in [0.2, 0.25) is 0 Å². The molecular formula is C10H20N2O. The van der Waals surface area contributed by atoms with Crippen LogP contribution in [0.4, 0.5) is 0 Å². The van der Waals surface area contributed by atoms with Crippen LogP contribution >= 0.6 is 0 Å². The Bertz CT molecular complexity index is 151. The summed E-state index contributed by atoms with van der Waals surface area (Å²) in [4.78, 5) is 7.63. The number of nitrogens with zero attached hydrogens (tertiary/aromatic N) is 2. The third-order valence-electron chi connectivity index (χ3n) is 2.64. The molecule has 3 heteroatoms. The number of rotatable bonds is 4. The van der Waals surface area contributed by atoms with E-state index in [9.17, 15) is 0 Å². The number of likely N-dealkylation sites (tertiary alicyclic amines) is 1. The first-order chi connectivity index (χ1) is 6.36. The summed E-state index contributed by atoms with van der Waals surface area (Å²) in [5, 5.41) is 3.77. The molecule has 0 aromatic carbocycles. The number of piperidine rings is 1. The third-order valence-corrected chi connectivity index (χ3v) is 2.64. The van der Waals surface area contributed by atoms with Crippen molar-refractivity contribution in [3.05, 3.63) is 0 Å². The van der Waals surface area contributed by atoms with Crippen LogP contribution in [0.25, 0.3) is 0 Å². The molecule has 0 aliphatic carbocycles. The summed E-state index contributed by atoms with van der Waals surface area (Å²) >= 11 is 0. The van der Waals surface area contributed by atoms with Gasteiger partial charge in [-0.05, 0) is 45.3 Å². The summed E-state index contributed by atoms with van der Waals surface area (Å²) in [5.41, 5.74) is 0. The van der Waals surface area contributed by atoms with E-state index in [0.717, 1.165) is 6.61 Å². The predicted octanol–water partition coefficient (Wildman–Crippen LogP) is 1.74. The number of oxime groups is 1. The van der Waals surface area contributed by atoms with Crippen molar-refractivity contribution < 1.29 is 4.84 Å². The number of hydrogen-bond acceptors (Lipinski definition) is 3. The first-order valence-electron chi connectivity index (χ1n) is 5.19. The Labute approximate surface area is 80.7 Å². The summed E-state index contributed by atoms with van der Waals surface area (Å²) in [6.45, 7) is 8.52. The first kappa shape index (κ1) is 10.5. The lowest BCUT2D eigenvalue weighted by molar-refractivity contribution is 0.0736. The Hall–Kier alpha value is -0.570. The van der Waals surface area contributed by atoms with E-state index in [-0.39, 0.29) is 0 Å². The summed E-state index contributed by atoms with van der Waals surface area (Å²) in [5.74, 6) is 0.714. The van der Waals surface area contributed by atoms with Crippen molar-refractivity contribution in [1.82, 2.24) is 4.90 Å². The van der Waals surface area contributed by atoms with Gasteiger partial charge < -0.3 is 9.74 Å². The fourth-order valence-corrected chi connectivity index (χ4v) is 1.69. The molecule has 0 N–H and O–H groups in total. The molecular weight excluding hydrogens is 164 g/mol. The van der Waals surface area contributed by atoms with E-state index in [2.05, 4.69) is 17.0 Å². The zero-order valence-corrected chi connectivity index (χ0v) is 8.70. The molecule has 0 spiro atoms. The lowest BCUT2D eigenvalue weighted by Crippen LogP contribution is -2.34. The first-order valence-corrected chi connectivity index (χ1v) is 5.19. The molecule has 3 nitrogen and oxygen atoms in total. The molecule has 1 heterocycles. The average molecular weight is 184 g/mol. The zero-order valence-electron chi connectivity index (χ0n) is 8.70. The smallest absolute Gasteiger partial charge is 0.120 e. The molecule has 1 rings (SSSR count). The highest BCUT2D eigenvalue weighted by Gasteiger charge is 2.18. The normalized spacial score (nSPS) is 21.1. The van der Waals surface area contributed by atoms with E-state index in [1.165, 1.54) is 32.5 Å². The second kappa shape index (κ2) is 5.97. The Morgan fingerprint density at radius 2 is 2.15 bits per heavy atom. The fourth-order valence-electron chi connectivity index (χ4n) is 1.69.